The number of hydrogen-bond acceptors (Lipinski definition) is 4. The number of nitrogens with one attached hydrogen (secondary N) is 1. The summed E-state index contributed by atoms with van der Waals surface area (Å²) in [5.41, 5.74) is 6.08. The highest BCUT2D eigenvalue weighted by molar-refractivity contribution is 6.39. The summed E-state index contributed by atoms with van der Waals surface area (Å²) in [4.78, 5) is 21.7. The summed E-state index contributed by atoms with van der Waals surface area (Å²) in [7, 11) is 0. The smallest absolute Gasteiger partial charge is 0.313 e. The number of carbonyl (C=O) groups is 2. The lowest BCUT2D eigenvalue weighted by Gasteiger charge is -2.07. The van der Waals surface area contributed by atoms with Crippen LogP contribution in [-0.4, -0.2) is 18.6 Å². The van der Waals surface area contributed by atoms with Crippen molar-refractivity contribution in [1.82, 2.24) is 0 Å². The lowest BCUT2D eigenvalue weighted by Crippen LogP contribution is -2.29. The second-order valence-corrected chi connectivity index (χ2v) is 3.34. The van der Waals surface area contributed by atoms with E-state index in [0.29, 0.717) is 17.2 Å². The molecular weight excluding hydrogens is 212 g/mol. The molecule has 3 N–H and O–H groups in total. The second-order valence-electron chi connectivity index (χ2n) is 3.34. The van der Waals surface area contributed by atoms with Crippen molar-refractivity contribution in [2.45, 2.75) is 6.92 Å². The van der Waals surface area contributed by atoms with Gasteiger partial charge in [0.05, 0.1) is 0 Å². The van der Waals surface area contributed by atoms with Gasteiger partial charge in [0.2, 0.25) is 6.79 Å². The monoisotopic (exact) mass is 222 g/mol. The maximum Gasteiger partial charge on any atom is 0.313 e. The lowest BCUT2D eigenvalue weighted by molar-refractivity contribution is -0.134. The molecule has 1 heterocycles. The van der Waals surface area contributed by atoms with E-state index in [1.165, 1.54) is 0 Å². The fourth-order valence-corrected chi connectivity index (χ4v) is 1.36. The molecule has 0 saturated heterocycles. The van der Waals surface area contributed by atoms with Crippen LogP contribution in [0.15, 0.2) is 12.1 Å². The van der Waals surface area contributed by atoms with E-state index in [2.05, 4.69) is 5.32 Å². The Morgan fingerprint density at radius 2 is 1.94 bits per heavy atom. The standard InChI is InChI=1S/C10H10N2O4/c1-5-2-7-8(16-4-15-7)3-6(5)12-10(14)9(11)13/h2-3H,4H2,1H3,(H2,11,13)(H,12,14). The van der Waals surface area contributed by atoms with Gasteiger partial charge in [-0.1, -0.05) is 0 Å². The quantitative estimate of drug-likeness (QED) is 0.661. The van der Waals surface area contributed by atoms with Gasteiger partial charge in [-0.05, 0) is 18.6 Å². The van der Waals surface area contributed by atoms with Crippen molar-refractivity contribution in [3.05, 3.63) is 17.7 Å². The predicted octanol–water partition coefficient (Wildman–Crippen LogP) is 0.148. The molecule has 2 rings (SSSR count). The Hall–Kier alpha value is -2.24. The highest BCUT2D eigenvalue weighted by atomic mass is 16.7. The highest BCUT2D eigenvalue weighted by Gasteiger charge is 2.17. The lowest BCUT2D eigenvalue weighted by atomic mass is 10.1. The van der Waals surface area contributed by atoms with Gasteiger partial charge in [0.15, 0.2) is 11.5 Å². The molecule has 0 spiro atoms. The van der Waals surface area contributed by atoms with Crippen LogP contribution in [-0.2, 0) is 9.59 Å². The number of carbonyl (C=O) groups excluding carboxylic acids is 2. The molecular formula is C10H10N2O4. The van der Waals surface area contributed by atoms with E-state index in [9.17, 15) is 9.59 Å². The Balaban J connectivity index is 2.28. The Morgan fingerprint density at radius 1 is 1.31 bits per heavy atom. The molecule has 0 radical (unpaired) electrons. The predicted molar refractivity (Wildman–Crippen MR) is 55.1 cm³/mol. The summed E-state index contributed by atoms with van der Waals surface area (Å²) in [6.45, 7) is 1.93. The van der Waals surface area contributed by atoms with Gasteiger partial charge in [-0.25, -0.2) is 0 Å². The minimum Gasteiger partial charge on any atom is -0.454 e. The van der Waals surface area contributed by atoms with Crippen LogP contribution in [0.5, 0.6) is 11.5 Å². The SMILES string of the molecule is Cc1cc2c(cc1NC(=O)C(N)=O)OCO2. The zero-order valence-corrected chi connectivity index (χ0v) is 8.57. The van der Waals surface area contributed by atoms with Gasteiger partial charge in [-0.2, -0.15) is 0 Å². The van der Waals surface area contributed by atoms with Crippen LogP contribution in [0.1, 0.15) is 5.56 Å². The largest absolute Gasteiger partial charge is 0.454 e. The number of nitrogens with two attached hydrogens (primary N) is 1. The Bertz CT molecular complexity index is 470. The number of benzene rings is 1. The van der Waals surface area contributed by atoms with Gasteiger partial charge in [-0.15, -0.1) is 0 Å². The minimum absolute atomic E-state index is 0.155. The van der Waals surface area contributed by atoms with E-state index in [-0.39, 0.29) is 6.79 Å². The van der Waals surface area contributed by atoms with E-state index < -0.39 is 11.8 Å². The molecule has 0 atom stereocenters. The maximum atomic E-state index is 11.1. The molecule has 1 aliphatic rings. The van der Waals surface area contributed by atoms with Crippen LogP contribution in [0.3, 0.4) is 0 Å². The minimum atomic E-state index is -1.03. The summed E-state index contributed by atoms with van der Waals surface area (Å²) < 4.78 is 10.3. The molecule has 1 aromatic carbocycles. The van der Waals surface area contributed by atoms with Crippen molar-refractivity contribution in [3.8, 4) is 11.5 Å². The molecule has 0 fully saturated rings. The average molecular weight is 222 g/mol. The number of amides is 2. The van der Waals surface area contributed by atoms with E-state index in [4.69, 9.17) is 15.2 Å². The van der Waals surface area contributed by atoms with Crippen molar-refractivity contribution in [2.75, 3.05) is 12.1 Å². The van der Waals surface area contributed by atoms with E-state index in [1.807, 2.05) is 0 Å². The van der Waals surface area contributed by atoms with Gasteiger partial charge in [-0.3, -0.25) is 9.59 Å². The average Bonchev–Trinajstić information content (AvgIpc) is 2.65. The zero-order chi connectivity index (χ0) is 11.7. The van der Waals surface area contributed by atoms with Crippen LogP contribution in [0.4, 0.5) is 5.69 Å². The fourth-order valence-electron chi connectivity index (χ4n) is 1.36. The van der Waals surface area contributed by atoms with E-state index in [0.717, 1.165) is 5.56 Å². The van der Waals surface area contributed by atoms with Gasteiger partial charge in [0.1, 0.15) is 0 Å². The maximum absolute atomic E-state index is 11.1. The molecule has 0 saturated carbocycles. The van der Waals surface area contributed by atoms with Crippen molar-refractivity contribution >= 4 is 17.5 Å². The third kappa shape index (κ3) is 1.77. The van der Waals surface area contributed by atoms with Gasteiger partial charge < -0.3 is 20.5 Å². The van der Waals surface area contributed by atoms with Gasteiger partial charge >= 0.3 is 11.8 Å². The van der Waals surface area contributed by atoms with Crippen LogP contribution in [0, 0.1) is 6.92 Å². The molecule has 6 heteroatoms. The van der Waals surface area contributed by atoms with Crippen molar-refractivity contribution in [2.24, 2.45) is 5.73 Å². The third-order valence-electron chi connectivity index (χ3n) is 2.19. The summed E-state index contributed by atoms with van der Waals surface area (Å²) >= 11 is 0. The van der Waals surface area contributed by atoms with Crippen molar-refractivity contribution < 1.29 is 19.1 Å². The molecule has 6 nitrogen and oxygen atoms in total. The molecule has 0 bridgehead atoms. The molecule has 2 amide bonds. The van der Waals surface area contributed by atoms with Crippen molar-refractivity contribution in [1.29, 1.82) is 0 Å². The number of ether oxygens (including phenoxy) is 2. The molecule has 0 aliphatic carbocycles. The Kier molecular flexibility index (Phi) is 2.40. The first-order chi connectivity index (χ1) is 7.58. The number of hydrogen-bond donors (Lipinski definition) is 2. The molecule has 0 unspecified atom stereocenters. The Morgan fingerprint density at radius 3 is 2.56 bits per heavy atom. The van der Waals surface area contributed by atoms with Gasteiger partial charge in [0.25, 0.3) is 0 Å². The topological polar surface area (TPSA) is 90.7 Å². The number of rotatable bonds is 1. The third-order valence-corrected chi connectivity index (χ3v) is 2.19. The number of fused-ring (bicyclic) bond motifs is 1. The van der Waals surface area contributed by atoms with Crippen LogP contribution < -0.4 is 20.5 Å². The van der Waals surface area contributed by atoms with Crippen LogP contribution in [0.2, 0.25) is 0 Å². The molecule has 1 aliphatic heterocycles. The fraction of sp³-hybridized carbons (Fsp3) is 0.200. The molecule has 1 aromatic rings. The normalized spacial score (nSPS) is 12.3. The summed E-state index contributed by atoms with van der Waals surface area (Å²) in [6, 6.07) is 3.32. The van der Waals surface area contributed by atoms with Crippen molar-refractivity contribution in [3.63, 3.8) is 0 Å². The number of aryl methyl sites for hydroxylation is 1. The first kappa shape index (κ1) is 10.3. The summed E-state index contributed by atoms with van der Waals surface area (Å²) in [6.07, 6.45) is 0. The molecule has 16 heavy (non-hydrogen) atoms. The zero-order valence-electron chi connectivity index (χ0n) is 8.57. The summed E-state index contributed by atoms with van der Waals surface area (Å²) in [5, 5.41) is 2.39. The van der Waals surface area contributed by atoms with Crippen LogP contribution >= 0.6 is 0 Å². The number of anilines is 1. The van der Waals surface area contributed by atoms with Gasteiger partial charge in [0, 0.05) is 11.8 Å². The molecule has 84 valence electrons. The first-order valence-electron chi connectivity index (χ1n) is 4.59. The van der Waals surface area contributed by atoms with E-state index in [1.54, 1.807) is 19.1 Å². The number of primary amides is 1. The van der Waals surface area contributed by atoms with Crippen LogP contribution in [0.25, 0.3) is 0 Å². The van der Waals surface area contributed by atoms with E-state index >= 15 is 0 Å². The summed E-state index contributed by atoms with van der Waals surface area (Å²) in [5.74, 6) is -0.737. The second kappa shape index (κ2) is 3.73. The Labute approximate surface area is 91.3 Å². The highest BCUT2D eigenvalue weighted by Crippen LogP contribution is 2.36. The first-order valence-corrected chi connectivity index (χ1v) is 4.59. The molecule has 0 aromatic heterocycles.